The van der Waals surface area contributed by atoms with Gasteiger partial charge in [0.05, 0.1) is 28.4 Å². The Kier molecular flexibility index (Phi) is 8.19. The first-order valence-corrected chi connectivity index (χ1v) is 10.8. The molecule has 0 heterocycles. The molecule has 6 heteroatoms. The second-order valence-corrected chi connectivity index (χ2v) is 7.69. The second-order valence-electron chi connectivity index (χ2n) is 7.69. The van der Waals surface area contributed by atoms with Gasteiger partial charge in [-0.25, -0.2) is 4.79 Å². The summed E-state index contributed by atoms with van der Waals surface area (Å²) in [4.78, 5) is 11.3. The third-order valence-electron chi connectivity index (χ3n) is 5.62. The Bertz CT molecular complexity index is 1080. The summed E-state index contributed by atoms with van der Waals surface area (Å²) in [7, 11) is 6.33. The molecule has 0 bridgehead atoms. The SMILES string of the molecule is COc1cc(CCc2cccc(CCc3cc(OC)c(OC)c(OC)c3)c2)ccc1C(=O)O. The highest BCUT2D eigenvalue weighted by atomic mass is 16.5. The summed E-state index contributed by atoms with van der Waals surface area (Å²) in [6, 6.07) is 17.8. The summed E-state index contributed by atoms with van der Waals surface area (Å²) in [6.07, 6.45) is 3.38. The second kappa shape index (κ2) is 11.3. The standard InChI is InChI=1S/C27H30O6/c1-30-23-15-20(12-13-22(23)27(28)29)9-8-18-6-5-7-19(14-18)10-11-21-16-24(31-2)26(33-4)25(17-21)32-3/h5-7,12-17H,8-11H2,1-4H3,(H,28,29). The summed E-state index contributed by atoms with van der Waals surface area (Å²) < 4.78 is 21.5. The molecule has 0 aliphatic rings. The van der Waals surface area contributed by atoms with Crippen LogP contribution < -0.4 is 18.9 Å². The zero-order valence-electron chi connectivity index (χ0n) is 19.5. The summed E-state index contributed by atoms with van der Waals surface area (Å²) in [6.45, 7) is 0. The summed E-state index contributed by atoms with van der Waals surface area (Å²) in [5.74, 6) is 1.31. The lowest BCUT2D eigenvalue weighted by Crippen LogP contribution is -2.02. The number of carboxylic acids is 1. The molecular formula is C27H30O6. The maximum absolute atomic E-state index is 11.3. The smallest absolute Gasteiger partial charge is 0.339 e. The van der Waals surface area contributed by atoms with Crippen LogP contribution in [0.1, 0.15) is 32.6 Å². The highest BCUT2D eigenvalue weighted by Crippen LogP contribution is 2.38. The van der Waals surface area contributed by atoms with E-state index >= 15 is 0 Å². The van der Waals surface area contributed by atoms with E-state index in [-0.39, 0.29) is 5.56 Å². The van der Waals surface area contributed by atoms with E-state index in [9.17, 15) is 9.90 Å². The number of hydrogen-bond acceptors (Lipinski definition) is 5. The minimum atomic E-state index is -0.988. The Hall–Kier alpha value is -3.67. The van der Waals surface area contributed by atoms with E-state index in [0.717, 1.165) is 36.8 Å². The number of aromatic carboxylic acids is 1. The molecule has 0 saturated carbocycles. The van der Waals surface area contributed by atoms with Crippen molar-refractivity contribution >= 4 is 5.97 Å². The van der Waals surface area contributed by atoms with Crippen LogP contribution in [0.3, 0.4) is 0 Å². The van der Waals surface area contributed by atoms with Crippen molar-refractivity contribution in [1.82, 2.24) is 0 Å². The van der Waals surface area contributed by atoms with Crippen molar-refractivity contribution in [3.8, 4) is 23.0 Å². The molecule has 0 amide bonds. The van der Waals surface area contributed by atoms with Gasteiger partial charge in [0.2, 0.25) is 5.75 Å². The summed E-state index contributed by atoms with van der Waals surface area (Å²) in [5, 5.41) is 9.24. The number of hydrogen-bond donors (Lipinski definition) is 1. The van der Waals surface area contributed by atoms with E-state index in [4.69, 9.17) is 18.9 Å². The van der Waals surface area contributed by atoms with Crippen LogP contribution in [0.5, 0.6) is 23.0 Å². The maximum atomic E-state index is 11.3. The lowest BCUT2D eigenvalue weighted by atomic mass is 9.98. The molecule has 174 valence electrons. The van der Waals surface area contributed by atoms with Gasteiger partial charge in [-0.3, -0.25) is 0 Å². The number of benzene rings is 3. The third kappa shape index (κ3) is 5.98. The van der Waals surface area contributed by atoms with Crippen molar-refractivity contribution in [1.29, 1.82) is 0 Å². The first-order chi connectivity index (χ1) is 16.0. The minimum absolute atomic E-state index is 0.176. The van der Waals surface area contributed by atoms with Gasteiger partial charge < -0.3 is 24.1 Å². The van der Waals surface area contributed by atoms with Crippen molar-refractivity contribution in [2.75, 3.05) is 28.4 Å². The van der Waals surface area contributed by atoms with Gasteiger partial charge in [-0.1, -0.05) is 30.3 Å². The van der Waals surface area contributed by atoms with Gasteiger partial charge in [0, 0.05) is 0 Å². The Labute approximate surface area is 194 Å². The number of ether oxygens (including phenoxy) is 4. The summed E-state index contributed by atoms with van der Waals surface area (Å²) in [5.41, 5.74) is 4.81. The van der Waals surface area contributed by atoms with Crippen LogP contribution in [0, 0.1) is 0 Å². The Morgan fingerprint density at radius 2 is 1.12 bits per heavy atom. The molecule has 3 aromatic rings. The van der Waals surface area contributed by atoms with Gasteiger partial charge in [-0.2, -0.15) is 0 Å². The lowest BCUT2D eigenvalue weighted by Gasteiger charge is -2.14. The molecular weight excluding hydrogens is 420 g/mol. The molecule has 0 fully saturated rings. The monoisotopic (exact) mass is 450 g/mol. The number of methoxy groups -OCH3 is 4. The van der Waals surface area contributed by atoms with Crippen molar-refractivity contribution in [3.63, 3.8) is 0 Å². The highest BCUT2D eigenvalue weighted by Gasteiger charge is 2.14. The Morgan fingerprint density at radius 1 is 0.636 bits per heavy atom. The molecule has 6 nitrogen and oxygen atoms in total. The predicted octanol–water partition coefficient (Wildman–Crippen LogP) is 4.99. The first-order valence-electron chi connectivity index (χ1n) is 10.8. The fourth-order valence-electron chi connectivity index (χ4n) is 3.87. The fourth-order valence-corrected chi connectivity index (χ4v) is 3.87. The highest BCUT2D eigenvalue weighted by molar-refractivity contribution is 5.91. The van der Waals surface area contributed by atoms with E-state index in [0.29, 0.717) is 23.0 Å². The molecule has 0 atom stereocenters. The van der Waals surface area contributed by atoms with Crippen LogP contribution in [-0.4, -0.2) is 39.5 Å². The average Bonchev–Trinajstić information content (AvgIpc) is 2.85. The minimum Gasteiger partial charge on any atom is -0.496 e. The lowest BCUT2D eigenvalue weighted by molar-refractivity contribution is 0.0693. The molecule has 3 aromatic carbocycles. The molecule has 33 heavy (non-hydrogen) atoms. The van der Waals surface area contributed by atoms with Crippen LogP contribution in [0.2, 0.25) is 0 Å². The van der Waals surface area contributed by atoms with Crippen LogP contribution >= 0.6 is 0 Å². The molecule has 1 N–H and O–H groups in total. The van der Waals surface area contributed by atoms with Crippen molar-refractivity contribution < 1.29 is 28.8 Å². The average molecular weight is 451 g/mol. The first kappa shape index (κ1) is 24.0. The van der Waals surface area contributed by atoms with Gasteiger partial charge in [-0.05, 0) is 72.2 Å². The van der Waals surface area contributed by atoms with Crippen LogP contribution in [0.4, 0.5) is 0 Å². The molecule has 3 rings (SSSR count). The number of rotatable bonds is 11. The van der Waals surface area contributed by atoms with E-state index in [1.807, 2.05) is 18.2 Å². The Morgan fingerprint density at radius 3 is 1.61 bits per heavy atom. The Balaban J connectivity index is 1.67. The van der Waals surface area contributed by atoms with Gasteiger partial charge >= 0.3 is 5.97 Å². The molecule has 0 aliphatic carbocycles. The number of aryl methyl sites for hydroxylation is 4. The van der Waals surface area contributed by atoms with Crippen molar-refractivity contribution in [3.05, 3.63) is 82.4 Å². The van der Waals surface area contributed by atoms with E-state index in [1.54, 1.807) is 33.5 Å². The van der Waals surface area contributed by atoms with E-state index in [2.05, 4.69) is 24.3 Å². The zero-order chi connectivity index (χ0) is 23.8. The van der Waals surface area contributed by atoms with Crippen LogP contribution in [0.25, 0.3) is 0 Å². The molecule has 0 unspecified atom stereocenters. The summed E-state index contributed by atoms with van der Waals surface area (Å²) >= 11 is 0. The maximum Gasteiger partial charge on any atom is 0.339 e. The van der Waals surface area contributed by atoms with Crippen molar-refractivity contribution in [2.45, 2.75) is 25.7 Å². The van der Waals surface area contributed by atoms with Crippen LogP contribution in [0.15, 0.2) is 54.6 Å². The van der Waals surface area contributed by atoms with Crippen LogP contribution in [-0.2, 0) is 25.7 Å². The van der Waals surface area contributed by atoms with E-state index in [1.165, 1.54) is 18.2 Å². The predicted molar refractivity (Wildman–Crippen MR) is 127 cm³/mol. The molecule has 0 saturated heterocycles. The topological polar surface area (TPSA) is 74.2 Å². The third-order valence-corrected chi connectivity index (χ3v) is 5.62. The van der Waals surface area contributed by atoms with Crippen molar-refractivity contribution in [2.24, 2.45) is 0 Å². The van der Waals surface area contributed by atoms with Gasteiger partial charge in [0.1, 0.15) is 11.3 Å². The van der Waals surface area contributed by atoms with E-state index < -0.39 is 5.97 Å². The molecule has 0 radical (unpaired) electrons. The van der Waals surface area contributed by atoms with Gasteiger partial charge in [0.15, 0.2) is 11.5 Å². The van der Waals surface area contributed by atoms with Gasteiger partial charge in [0.25, 0.3) is 0 Å². The molecule has 0 aromatic heterocycles. The zero-order valence-corrected chi connectivity index (χ0v) is 19.5. The normalized spacial score (nSPS) is 10.5. The number of carboxylic acid groups (broad SMARTS) is 1. The van der Waals surface area contributed by atoms with Gasteiger partial charge in [-0.15, -0.1) is 0 Å². The molecule has 0 aliphatic heterocycles. The molecule has 0 spiro atoms. The largest absolute Gasteiger partial charge is 0.496 e. The fraction of sp³-hybridized carbons (Fsp3) is 0.296. The quantitative estimate of drug-likeness (QED) is 0.444. The number of carbonyl (C=O) groups is 1.